The van der Waals surface area contributed by atoms with Crippen LogP contribution in [0.4, 0.5) is 0 Å². The lowest BCUT2D eigenvalue weighted by Crippen LogP contribution is -2.51. The van der Waals surface area contributed by atoms with E-state index in [1.165, 1.54) is 11.0 Å². The number of nitrogens with zero attached hydrogens (tertiary/aromatic N) is 1. The highest BCUT2D eigenvalue weighted by atomic mass is 16.2. The number of nitrogens with two attached hydrogens (primary N) is 1. The summed E-state index contributed by atoms with van der Waals surface area (Å²) >= 11 is 0. The van der Waals surface area contributed by atoms with E-state index < -0.39 is 17.9 Å². The second-order valence-corrected chi connectivity index (χ2v) is 7.86. The minimum absolute atomic E-state index is 0.129. The topological polar surface area (TPSA) is 163 Å². The number of carbonyl (C=O) groups is 5. The molecule has 0 aromatic heterocycles. The van der Waals surface area contributed by atoms with Gasteiger partial charge in [-0.25, -0.2) is 0 Å². The van der Waals surface area contributed by atoms with E-state index in [-0.39, 0.29) is 56.7 Å². The monoisotopic (exact) mass is 484 g/mol. The molecular formula is C24H32N6O5. The van der Waals surface area contributed by atoms with Crippen LogP contribution in [0.3, 0.4) is 0 Å². The molecule has 1 aliphatic heterocycles. The molecule has 0 bridgehead atoms. The Kier molecular flexibility index (Phi) is 11.1. The molecular weight excluding hydrogens is 452 g/mol. The molecule has 0 unspecified atom stereocenters. The fourth-order valence-corrected chi connectivity index (χ4v) is 3.27. The summed E-state index contributed by atoms with van der Waals surface area (Å²) in [6.45, 7) is 3.99. The van der Waals surface area contributed by atoms with Crippen LogP contribution in [0.2, 0.25) is 0 Å². The van der Waals surface area contributed by atoms with E-state index in [1.54, 1.807) is 6.08 Å². The largest absolute Gasteiger partial charge is 0.353 e. The Morgan fingerprint density at radius 3 is 2.29 bits per heavy atom. The van der Waals surface area contributed by atoms with Crippen LogP contribution < -0.4 is 27.0 Å². The molecule has 0 aliphatic carbocycles. The van der Waals surface area contributed by atoms with Crippen LogP contribution in [-0.4, -0.2) is 73.2 Å². The molecule has 6 N–H and O–H groups in total. The molecule has 1 heterocycles. The highest BCUT2D eigenvalue weighted by Crippen LogP contribution is 2.13. The predicted molar refractivity (Wildman–Crippen MR) is 129 cm³/mol. The zero-order valence-corrected chi connectivity index (χ0v) is 19.5. The maximum atomic E-state index is 12.4. The van der Waals surface area contributed by atoms with Gasteiger partial charge in [0, 0.05) is 44.2 Å². The maximum Gasteiger partial charge on any atom is 0.251 e. The summed E-state index contributed by atoms with van der Waals surface area (Å²) in [6.07, 6.45) is 3.85. The third kappa shape index (κ3) is 9.80. The summed E-state index contributed by atoms with van der Waals surface area (Å²) < 4.78 is 0. The number of rotatable bonds is 14. The number of hydrogen-bond acceptors (Lipinski definition) is 6. The summed E-state index contributed by atoms with van der Waals surface area (Å²) in [5.74, 6) is -1.99. The standard InChI is InChI=1S/C24H32N6O5/c1-17-9-10-23(34)30(17)13-5-8-20(31)27-15-21(32)28-16-22(33)29-19(24(35)26-12-11-25)14-18-6-3-2-4-7-18/h2-4,6-7,9-10,19H,1,5,8,11-16,25H2,(H,26,35)(H,27,31)(H,28,32)(H,29,33)/t19-/m0/s1. The summed E-state index contributed by atoms with van der Waals surface area (Å²) in [5, 5.41) is 10.1. The molecule has 0 radical (unpaired) electrons. The van der Waals surface area contributed by atoms with Crippen LogP contribution in [0.15, 0.2) is 54.8 Å². The van der Waals surface area contributed by atoms with Crippen molar-refractivity contribution in [1.29, 1.82) is 0 Å². The molecule has 35 heavy (non-hydrogen) atoms. The van der Waals surface area contributed by atoms with Gasteiger partial charge in [-0.2, -0.15) is 0 Å². The van der Waals surface area contributed by atoms with Crippen molar-refractivity contribution >= 4 is 29.5 Å². The molecule has 1 aromatic rings. The average Bonchev–Trinajstić information content (AvgIpc) is 3.17. The van der Waals surface area contributed by atoms with Gasteiger partial charge in [-0.15, -0.1) is 0 Å². The normalized spacial score (nSPS) is 13.3. The number of amides is 5. The molecule has 2 rings (SSSR count). The van der Waals surface area contributed by atoms with Gasteiger partial charge >= 0.3 is 0 Å². The van der Waals surface area contributed by atoms with E-state index in [1.807, 2.05) is 30.3 Å². The minimum atomic E-state index is -0.832. The Bertz CT molecular complexity index is 944. The summed E-state index contributed by atoms with van der Waals surface area (Å²) in [6, 6.07) is 8.37. The van der Waals surface area contributed by atoms with Gasteiger partial charge in [0.1, 0.15) is 6.04 Å². The molecule has 0 spiro atoms. The summed E-state index contributed by atoms with van der Waals surface area (Å²) in [7, 11) is 0. The van der Waals surface area contributed by atoms with Crippen LogP contribution >= 0.6 is 0 Å². The average molecular weight is 485 g/mol. The summed E-state index contributed by atoms with van der Waals surface area (Å²) in [5.41, 5.74) is 6.87. The third-order valence-electron chi connectivity index (χ3n) is 5.09. The number of hydrogen-bond donors (Lipinski definition) is 5. The molecule has 1 atom stereocenters. The Morgan fingerprint density at radius 1 is 0.943 bits per heavy atom. The van der Waals surface area contributed by atoms with Gasteiger partial charge in [0.05, 0.1) is 13.1 Å². The second-order valence-electron chi connectivity index (χ2n) is 7.86. The summed E-state index contributed by atoms with van der Waals surface area (Å²) in [4.78, 5) is 61.8. The number of allylic oxidation sites excluding steroid dienone is 1. The molecule has 11 heteroatoms. The first kappa shape index (κ1) is 27.3. The van der Waals surface area contributed by atoms with Crippen LogP contribution in [-0.2, 0) is 30.4 Å². The van der Waals surface area contributed by atoms with Crippen LogP contribution in [0.25, 0.3) is 0 Å². The van der Waals surface area contributed by atoms with Crippen molar-refractivity contribution in [2.75, 3.05) is 32.7 Å². The fourth-order valence-electron chi connectivity index (χ4n) is 3.27. The van der Waals surface area contributed by atoms with E-state index in [2.05, 4.69) is 27.8 Å². The van der Waals surface area contributed by atoms with Gasteiger partial charge in [0.25, 0.3) is 5.91 Å². The van der Waals surface area contributed by atoms with Crippen LogP contribution in [0, 0.1) is 0 Å². The lowest BCUT2D eigenvalue weighted by atomic mass is 10.1. The van der Waals surface area contributed by atoms with Crippen molar-refractivity contribution in [3.05, 3.63) is 60.3 Å². The van der Waals surface area contributed by atoms with Crippen molar-refractivity contribution in [2.24, 2.45) is 5.73 Å². The predicted octanol–water partition coefficient (Wildman–Crippen LogP) is -1.29. The Morgan fingerprint density at radius 2 is 1.63 bits per heavy atom. The molecule has 0 saturated carbocycles. The lowest BCUT2D eigenvalue weighted by molar-refractivity contribution is -0.130. The van der Waals surface area contributed by atoms with E-state index in [0.717, 1.165) is 5.56 Å². The molecule has 1 aliphatic rings. The maximum absolute atomic E-state index is 12.4. The van der Waals surface area contributed by atoms with E-state index >= 15 is 0 Å². The Hall–Kier alpha value is -3.99. The molecule has 11 nitrogen and oxygen atoms in total. The molecule has 0 fully saturated rings. The van der Waals surface area contributed by atoms with Crippen molar-refractivity contribution in [3.8, 4) is 0 Å². The Balaban J connectivity index is 1.70. The van der Waals surface area contributed by atoms with E-state index in [0.29, 0.717) is 18.7 Å². The lowest BCUT2D eigenvalue weighted by Gasteiger charge is -2.19. The van der Waals surface area contributed by atoms with Gasteiger partial charge < -0.3 is 31.9 Å². The van der Waals surface area contributed by atoms with E-state index in [9.17, 15) is 24.0 Å². The van der Waals surface area contributed by atoms with Gasteiger partial charge in [0.2, 0.25) is 23.6 Å². The van der Waals surface area contributed by atoms with Crippen molar-refractivity contribution in [1.82, 2.24) is 26.2 Å². The molecule has 0 saturated heterocycles. The number of benzene rings is 1. The van der Waals surface area contributed by atoms with Crippen molar-refractivity contribution in [3.63, 3.8) is 0 Å². The SMILES string of the molecule is C=C1C=CC(=O)N1CCCC(=O)NCC(=O)NCC(=O)N[C@@H](Cc1ccccc1)C(=O)NCCN. The van der Waals surface area contributed by atoms with Gasteiger partial charge in [-0.1, -0.05) is 36.9 Å². The molecule has 188 valence electrons. The number of carbonyl (C=O) groups excluding carboxylic acids is 5. The van der Waals surface area contributed by atoms with Crippen molar-refractivity contribution < 1.29 is 24.0 Å². The fraction of sp³-hybridized carbons (Fsp3) is 0.375. The zero-order chi connectivity index (χ0) is 25.6. The first-order valence-electron chi connectivity index (χ1n) is 11.3. The van der Waals surface area contributed by atoms with E-state index in [4.69, 9.17) is 5.73 Å². The van der Waals surface area contributed by atoms with Gasteiger partial charge in [0.15, 0.2) is 0 Å². The highest BCUT2D eigenvalue weighted by Gasteiger charge is 2.21. The van der Waals surface area contributed by atoms with Crippen LogP contribution in [0.1, 0.15) is 18.4 Å². The second kappa shape index (κ2) is 14.3. The van der Waals surface area contributed by atoms with Crippen molar-refractivity contribution in [2.45, 2.75) is 25.3 Å². The Labute approximate surface area is 204 Å². The smallest absolute Gasteiger partial charge is 0.251 e. The zero-order valence-electron chi connectivity index (χ0n) is 19.5. The quantitative estimate of drug-likeness (QED) is 0.221. The van der Waals surface area contributed by atoms with Gasteiger partial charge in [-0.3, -0.25) is 24.0 Å². The van der Waals surface area contributed by atoms with Gasteiger partial charge in [-0.05, 0) is 18.1 Å². The first-order chi connectivity index (χ1) is 16.8. The third-order valence-corrected chi connectivity index (χ3v) is 5.09. The minimum Gasteiger partial charge on any atom is -0.353 e. The van der Waals surface area contributed by atoms with Crippen LogP contribution in [0.5, 0.6) is 0 Å². The first-order valence-corrected chi connectivity index (χ1v) is 11.3. The molecule has 1 aromatic carbocycles. The number of nitrogens with one attached hydrogen (secondary N) is 4. The highest BCUT2D eigenvalue weighted by molar-refractivity contribution is 5.93. The molecule has 5 amide bonds.